The predicted molar refractivity (Wildman–Crippen MR) is 156 cm³/mol. The summed E-state index contributed by atoms with van der Waals surface area (Å²) < 4.78 is 25.9. The average Bonchev–Trinajstić information content (AvgIpc) is 3.01. The largest absolute Gasteiger partial charge is 0.466 e. The predicted octanol–water partition coefficient (Wildman–Crippen LogP) is 5.63. The maximum absolute atomic E-state index is 13.6. The molecule has 216 valence electrons. The van der Waals surface area contributed by atoms with Crippen LogP contribution in [0.2, 0.25) is 0 Å². The first-order valence-corrected chi connectivity index (χ1v) is 13.8. The van der Waals surface area contributed by atoms with Gasteiger partial charge in [-0.05, 0) is 86.8 Å². The monoisotopic (exact) mass is 570 g/mol. The minimum Gasteiger partial charge on any atom is -0.466 e. The third-order valence-electron chi connectivity index (χ3n) is 7.06. The first-order chi connectivity index (χ1) is 20.3. The van der Waals surface area contributed by atoms with Crippen LogP contribution in [0, 0.1) is 18.7 Å². The highest BCUT2D eigenvalue weighted by Crippen LogP contribution is 2.31. The van der Waals surface area contributed by atoms with Crippen molar-refractivity contribution in [2.24, 2.45) is 5.92 Å². The van der Waals surface area contributed by atoms with E-state index in [1.165, 1.54) is 30.5 Å². The molecule has 1 amide bonds. The normalized spacial score (nSPS) is 14.7. The van der Waals surface area contributed by atoms with Crippen LogP contribution in [0.4, 0.5) is 15.8 Å². The summed E-state index contributed by atoms with van der Waals surface area (Å²) in [7, 11) is 0. The molecule has 1 atom stereocenters. The Kier molecular flexibility index (Phi) is 8.61. The maximum atomic E-state index is 13.6. The van der Waals surface area contributed by atoms with Crippen LogP contribution in [0.1, 0.15) is 35.7 Å². The van der Waals surface area contributed by atoms with Gasteiger partial charge in [-0.15, -0.1) is 0 Å². The second-order valence-corrected chi connectivity index (χ2v) is 9.99. The molecule has 1 fully saturated rings. The van der Waals surface area contributed by atoms with Crippen molar-refractivity contribution in [3.63, 3.8) is 0 Å². The number of hydrogen-bond acceptors (Lipinski definition) is 7. The molecular weight excluding hydrogens is 539 g/mol. The van der Waals surface area contributed by atoms with E-state index in [1.807, 2.05) is 25.1 Å². The zero-order valence-electron chi connectivity index (χ0n) is 23.4. The van der Waals surface area contributed by atoms with Gasteiger partial charge in [0.25, 0.3) is 11.5 Å². The van der Waals surface area contributed by atoms with E-state index < -0.39 is 11.4 Å². The maximum Gasteiger partial charge on any atom is 0.310 e. The Labute approximate surface area is 242 Å². The third kappa shape index (κ3) is 6.33. The third-order valence-corrected chi connectivity index (χ3v) is 7.06. The second-order valence-electron chi connectivity index (χ2n) is 9.99. The van der Waals surface area contributed by atoms with Crippen LogP contribution in [-0.2, 0) is 9.53 Å². The Morgan fingerprint density at radius 3 is 2.48 bits per heavy atom. The number of hydrogen-bond donors (Lipinski definition) is 1. The number of benzene rings is 3. The van der Waals surface area contributed by atoms with Gasteiger partial charge >= 0.3 is 5.97 Å². The van der Waals surface area contributed by atoms with Gasteiger partial charge in [-0.1, -0.05) is 18.2 Å². The number of aromatic nitrogens is 2. The van der Waals surface area contributed by atoms with Crippen LogP contribution in [0.5, 0.6) is 11.5 Å². The summed E-state index contributed by atoms with van der Waals surface area (Å²) >= 11 is 0. The number of amides is 1. The first-order valence-electron chi connectivity index (χ1n) is 13.8. The van der Waals surface area contributed by atoms with Crippen LogP contribution in [0.3, 0.4) is 0 Å². The van der Waals surface area contributed by atoms with Crippen LogP contribution >= 0.6 is 0 Å². The molecular formula is C32H31FN4O5. The summed E-state index contributed by atoms with van der Waals surface area (Å²) in [6.45, 7) is 4.84. The SMILES string of the molecule is CCOC(=O)C1CCCN(C(=O)c2ccc(Nc3c(Oc4ccccc4C)cnn(-c4ccc(F)cc4)c3=O)cc2)C1. The van der Waals surface area contributed by atoms with Crippen LogP contribution < -0.4 is 15.6 Å². The topological polar surface area (TPSA) is 103 Å². The number of rotatable bonds is 8. The van der Waals surface area contributed by atoms with E-state index in [1.54, 1.807) is 42.2 Å². The molecule has 0 radical (unpaired) electrons. The number of ether oxygens (including phenoxy) is 2. The number of esters is 1. The van der Waals surface area contributed by atoms with E-state index >= 15 is 0 Å². The van der Waals surface area contributed by atoms with Crippen molar-refractivity contribution in [1.29, 1.82) is 0 Å². The zero-order valence-corrected chi connectivity index (χ0v) is 23.4. The van der Waals surface area contributed by atoms with Gasteiger partial charge in [0.05, 0.1) is 24.4 Å². The number of nitrogens with zero attached hydrogens (tertiary/aromatic N) is 3. The fourth-order valence-electron chi connectivity index (χ4n) is 4.82. The summed E-state index contributed by atoms with van der Waals surface area (Å²) in [4.78, 5) is 40.7. The number of halogens is 1. The molecule has 1 saturated heterocycles. The summed E-state index contributed by atoms with van der Waals surface area (Å²) in [6, 6.07) is 19.5. The minimum absolute atomic E-state index is 0.116. The number of carbonyl (C=O) groups is 2. The van der Waals surface area contributed by atoms with Gasteiger partial charge in [-0.25, -0.2) is 4.39 Å². The molecule has 1 N–H and O–H groups in total. The van der Waals surface area contributed by atoms with Crippen molar-refractivity contribution in [2.45, 2.75) is 26.7 Å². The van der Waals surface area contributed by atoms with Crippen LogP contribution in [0.25, 0.3) is 5.69 Å². The Hall–Kier alpha value is -4.99. The van der Waals surface area contributed by atoms with Crippen LogP contribution in [0.15, 0.2) is 83.8 Å². The van der Waals surface area contributed by atoms with Gasteiger partial charge in [-0.3, -0.25) is 14.4 Å². The second kappa shape index (κ2) is 12.7. The molecule has 0 saturated carbocycles. The van der Waals surface area contributed by atoms with E-state index in [9.17, 15) is 18.8 Å². The van der Waals surface area contributed by atoms with Gasteiger partial charge in [0.15, 0.2) is 11.4 Å². The highest BCUT2D eigenvalue weighted by atomic mass is 19.1. The lowest BCUT2D eigenvalue weighted by Crippen LogP contribution is -2.42. The highest BCUT2D eigenvalue weighted by molar-refractivity contribution is 5.95. The molecule has 1 aliphatic rings. The average molecular weight is 571 g/mol. The Morgan fingerprint density at radius 2 is 1.76 bits per heavy atom. The number of anilines is 2. The molecule has 0 spiro atoms. The number of carbonyl (C=O) groups excluding carboxylic acids is 2. The molecule has 2 heterocycles. The summed E-state index contributed by atoms with van der Waals surface area (Å²) in [6.07, 6.45) is 2.84. The molecule has 9 nitrogen and oxygen atoms in total. The lowest BCUT2D eigenvalue weighted by molar-refractivity contribution is -0.149. The standard InChI is InChI=1S/C32H31FN4O5/c1-3-41-32(40)23-8-6-18-36(20-23)30(38)22-10-14-25(15-11-22)35-29-28(42-27-9-5-4-7-21(27)2)19-34-37(31(29)39)26-16-12-24(33)13-17-26/h4-5,7,9-17,19,23,35H,3,6,8,18,20H2,1-2H3. The molecule has 3 aromatic carbocycles. The fraction of sp³-hybridized carbons (Fsp3) is 0.250. The van der Waals surface area contributed by atoms with Gasteiger partial charge in [0.2, 0.25) is 0 Å². The number of piperidine rings is 1. The Morgan fingerprint density at radius 1 is 1.02 bits per heavy atom. The highest BCUT2D eigenvalue weighted by Gasteiger charge is 2.29. The minimum atomic E-state index is -0.508. The number of likely N-dealkylation sites (tertiary alicyclic amines) is 1. The number of nitrogens with one attached hydrogen (secondary N) is 1. The lowest BCUT2D eigenvalue weighted by atomic mass is 9.97. The van der Waals surface area contributed by atoms with Gasteiger partial charge < -0.3 is 19.7 Å². The van der Waals surface area contributed by atoms with Crippen LogP contribution in [-0.4, -0.2) is 46.3 Å². The van der Waals surface area contributed by atoms with E-state index in [0.717, 1.165) is 16.7 Å². The van der Waals surface area contributed by atoms with Gasteiger partial charge in [0, 0.05) is 24.3 Å². The summed E-state index contributed by atoms with van der Waals surface area (Å²) in [5.41, 5.74) is 1.86. The quantitative estimate of drug-likeness (QED) is 0.274. The smallest absolute Gasteiger partial charge is 0.310 e. The van der Waals surface area contributed by atoms with Gasteiger partial charge in [0.1, 0.15) is 11.6 Å². The lowest BCUT2D eigenvalue weighted by Gasteiger charge is -2.31. The molecule has 5 rings (SSSR count). The zero-order chi connectivity index (χ0) is 29.6. The van der Waals surface area contributed by atoms with Crippen molar-refractivity contribution in [2.75, 3.05) is 25.0 Å². The van der Waals surface area contributed by atoms with E-state index in [4.69, 9.17) is 9.47 Å². The molecule has 10 heteroatoms. The van der Waals surface area contributed by atoms with E-state index in [0.29, 0.717) is 48.8 Å². The van der Waals surface area contributed by atoms with Crippen molar-refractivity contribution in [1.82, 2.24) is 14.7 Å². The molecule has 1 aromatic heterocycles. The molecule has 4 aromatic rings. The summed E-state index contributed by atoms with van der Waals surface area (Å²) in [5.74, 6) is -0.454. The Bertz CT molecular complexity index is 1640. The molecule has 1 aliphatic heterocycles. The first kappa shape index (κ1) is 28.5. The molecule has 0 bridgehead atoms. The van der Waals surface area contributed by atoms with E-state index in [2.05, 4.69) is 10.4 Å². The van der Waals surface area contributed by atoms with E-state index in [-0.39, 0.29) is 29.2 Å². The van der Waals surface area contributed by atoms with Gasteiger partial charge in [-0.2, -0.15) is 9.78 Å². The Balaban J connectivity index is 1.41. The van der Waals surface area contributed by atoms with Crippen molar-refractivity contribution >= 4 is 23.3 Å². The fourth-order valence-corrected chi connectivity index (χ4v) is 4.82. The summed E-state index contributed by atoms with van der Waals surface area (Å²) in [5, 5.41) is 7.38. The molecule has 42 heavy (non-hydrogen) atoms. The van der Waals surface area contributed by atoms with Crippen molar-refractivity contribution in [3.05, 3.63) is 106 Å². The number of para-hydroxylation sites is 1. The molecule has 0 aliphatic carbocycles. The van der Waals surface area contributed by atoms with Crippen molar-refractivity contribution < 1.29 is 23.5 Å². The van der Waals surface area contributed by atoms with Crippen molar-refractivity contribution in [3.8, 4) is 17.2 Å². The molecule has 1 unspecified atom stereocenters. The number of aryl methyl sites for hydroxylation is 1.